The average Bonchev–Trinajstić information content (AvgIpc) is 3.10. The third-order valence-electron chi connectivity index (χ3n) is 5.31. The minimum Gasteiger partial charge on any atom is -0.479 e. The zero-order chi connectivity index (χ0) is 19.8. The van der Waals surface area contributed by atoms with Gasteiger partial charge in [-0.25, -0.2) is 4.79 Å². The molecule has 1 aliphatic carbocycles. The molecule has 2 N–H and O–H groups in total. The molecule has 0 aliphatic heterocycles. The number of ether oxygens (including phenoxy) is 1. The van der Waals surface area contributed by atoms with Gasteiger partial charge in [-0.05, 0) is 19.1 Å². The summed E-state index contributed by atoms with van der Waals surface area (Å²) < 4.78 is 10.7. The maximum Gasteiger partial charge on any atom is 0.330 e. The number of carboxylic acid groups (broad SMARTS) is 1. The molecular weight excluding hydrogens is 372 g/mol. The van der Waals surface area contributed by atoms with E-state index in [2.05, 4.69) is 10.5 Å². The number of rotatable bonds is 6. The quantitative estimate of drug-likeness (QED) is 0.781. The first-order valence-corrected chi connectivity index (χ1v) is 8.99. The van der Waals surface area contributed by atoms with Gasteiger partial charge < -0.3 is 19.7 Å². The van der Waals surface area contributed by atoms with Gasteiger partial charge in [-0.1, -0.05) is 42.7 Å². The number of hydrogen-bond donors (Lipinski definition) is 2. The van der Waals surface area contributed by atoms with Crippen molar-refractivity contribution in [3.63, 3.8) is 0 Å². The van der Waals surface area contributed by atoms with Crippen molar-refractivity contribution in [2.75, 3.05) is 6.61 Å². The van der Waals surface area contributed by atoms with Gasteiger partial charge in [-0.3, -0.25) is 4.79 Å². The van der Waals surface area contributed by atoms with Crippen LogP contribution >= 0.6 is 11.6 Å². The van der Waals surface area contributed by atoms with Crippen LogP contribution in [0.4, 0.5) is 0 Å². The molecule has 1 heterocycles. The highest BCUT2D eigenvalue weighted by molar-refractivity contribution is 6.30. The number of benzene rings is 1. The van der Waals surface area contributed by atoms with Crippen LogP contribution in [0.15, 0.2) is 34.9 Å². The maximum absolute atomic E-state index is 12.6. The Morgan fingerprint density at radius 1 is 1.41 bits per heavy atom. The number of aliphatic carboxylic acids is 1. The first-order chi connectivity index (χ1) is 12.7. The van der Waals surface area contributed by atoms with Crippen molar-refractivity contribution in [3.8, 4) is 11.3 Å². The second-order valence-electron chi connectivity index (χ2n) is 7.12. The molecule has 1 aromatic heterocycles. The van der Waals surface area contributed by atoms with Gasteiger partial charge in [0.2, 0.25) is 5.76 Å². The molecule has 0 spiro atoms. The van der Waals surface area contributed by atoms with Crippen molar-refractivity contribution in [2.24, 2.45) is 5.41 Å². The summed E-state index contributed by atoms with van der Waals surface area (Å²) >= 11 is 5.97. The van der Waals surface area contributed by atoms with Crippen LogP contribution in [-0.4, -0.2) is 40.4 Å². The molecule has 3 rings (SSSR count). The fraction of sp³-hybridized carbons (Fsp3) is 0.421. The van der Waals surface area contributed by atoms with E-state index in [9.17, 15) is 14.7 Å². The van der Waals surface area contributed by atoms with Crippen molar-refractivity contribution >= 4 is 23.5 Å². The molecule has 8 heteroatoms. The number of nitrogens with one attached hydrogen (secondary N) is 1. The van der Waals surface area contributed by atoms with Crippen molar-refractivity contribution in [3.05, 3.63) is 41.1 Å². The number of carbonyl (C=O) groups excluding carboxylic acids is 1. The van der Waals surface area contributed by atoms with Crippen LogP contribution in [0.1, 0.15) is 37.7 Å². The minimum absolute atomic E-state index is 0.0683. The molecule has 1 fully saturated rings. The molecule has 0 saturated heterocycles. The molecule has 144 valence electrons. The predicted molar refractivity (Wildman–Crippen MR) is 98.6 cm³/mol. The van der Waals surface area contributed by atoms with Gasteiger partial charge in [-0.15, -0.1) is 0 Å². The van der Waals surface area contributed by atoms with Gasteiger partial charge in [0.25, 0.3) is 5.91 Å². The van der Waals surface area contributed by atoms with E-state index in [4.69, 9.17) is 20.9 Å². The van der Waals surface area contributed by atoms with E-state index in [0.717, 1.165) is 0 Å². The summed E-state index contributed by atoms with van der Waals surface area (Å²) in [5, 5.41) is 16.8. The summed E-state index contributed by atoms with van der Waals surface area (Å²) in [5.41, 5.74) is -1.08. The van der Waals surface area contributed by atoms with Crippen molar-refractivity contribution in [1.82, 2.24) is 10.5 Å². The highest BCUT2D eigenvalue weighted by Gasteiger charge is 2.66. The normalized spacial score (nSPS) is 23.5. The third kappa shape index (κ3) is 3.21. The van der Waals surface area contributed by atoms with Gasteiger partial charge in [0.1, 0.15) is 11.2 Å². The molecule has 2 atom stereocenters. The molecule has 0 radical (unpaired) electrons. The third-order valence-corrected chi connectivity index (χ3v) is 5.55. The van der Waals surface area contributed by atoms with Crippen LogP contribution in [-0.2, 0) is 9.53 Å². The Kier molecular flexibility index (Phi) is 5.01. The summed E-state index contributed by atoms with van der Waals surface area (Å²) in [6.45, 7) is 5.86. The topological polar surface area (TPSA) is 102 Å². The highest BCUT2D eigenvalue weighted by Crippen LogP contribution is 2.51. The van der Waals surface area contributed by atoms with E-state index in [1.807, 2.05) is 6.92 Å². The summed E-state index contributed by atoms with van der Waals surface area (Å²) in [6.07, 6.45) is -0.0693. The average molecular weight is 393 g/mol. The number of hydrogen-bond acceptors (Lipinski definition) is 5. The summed E-state index contributed by atoms with van der Waals surface area (Å²) in [5.74, 6) is -1.81. The van der Waals surface area contributed by atoms with Crippen LogP contribution in [0.25, 0.3) is 11.3 Å². The Morgan fingerprint density at radius 2 is 2.15 bits per heavy atom. The van der Waals surface area contributed by atoms with Gasteiger partial charge in [0, 0.05) is 35.1 Å². The van der Waals surface area contributed by atoms with Crippen LogP contribution in [0.2, 0.25) is 5.02 Å². The van der Waals surface area contributed by atoms with Gasteiger partial charge in [0.05, 0.1) is 6.10 Å². The second-order valence-corrected chi connectivity index (χ2v) is 7.56. The van der Waals surface area contributed by atoms with Gasteiger partial charge >= 0.3 is 5.97 Å². The van der Waals surface area contributed by atoms with E-state index >= 15 is 0 Å². The fourth-order valence-corrected chi connectivity index (χ4v) is 3.65. The molecule has 2 aromatic rings. The molecule has 1 aromatic carbocycles. The highest BCUT2D eigenvalue weighted by atomic mass is 35.5. The monoisotopic (exact) mass is 392 g/mol. The Balaban J connectivity index is 1.81. The van der Waals surface area contributed by atoms with E-state index in [1.54, 1.807) is 38.1 Å². The van der Waals surface area contributed by atoms with Crippen LogP contribution in [0, 0.1) is 5.41 Å². The molecule has 0 bridgehead atoms. The molecule has 2 unspecified atom stereocenters. The molecule has 7 nitrogen and oxygen atoms in total. The Bertz CT molecular complexity index is 878. The summed E-state index contributed by atoms with van der Waals surface area (Å²) in [7, 11) is 0. The SMILES string of the molecule is CCOC1CC(NC(=O)c2cc(-c3cccc(Cl)c3)no2)(C(=O)O)C1(C)C. The smallest absolute Gasteiger partial charge is 0.330 e. The van der Waals surface area contributed by atoms with E-state index in [1.165, 1.54) is 6.07 Å². The van der Waals surface area contributed by atoms with Crippen LogP contribution in [0.5, 0.6) is 0 Å². The van der Waals surface area contributed by atoms with Crippen LogP contribution < -0.4 is 5.32 Å². The summed E-state index contributed by atoms with van der Waals surface area (Å²) in [4.78, 5) is 24.6. The van der Waals surface area contributed by atoms with Crippen molar-refractivity contribution in [2.45, 2.75) is 38.8 Å². The first kappa shape index (κ1) is 19.4. The van der Waals surface area contributed by atoms with E-state index < -0.39 is 22.8 Å². The van der Waals surface area contributed by atoms with E-state index in [0.29, 0.717) is 22.9 Å². The van der Waals surface area contributed by atoms with Crippen molar-refractivity contribution in [1.29, 1.82) is 0 Å². The number of nitrogens with zero attached hydrogens (tertiary/aromatic N) is 1. The standard InChI is InChI=1S/C19H21ClN2O5/c1-4-26-15-10-19(17(24)25,18(15,2)3)21-16(23)14-9-13(22-27-14)11-6-5-7-12(20)8-11/h5-9,15H,4,10H2,1-3H3,(H,21,23)(H,24,25). The van der Waals surface area contributed by atoms with E-state index in [-0.39, 0.29) is 18.3 Å². The number of aromatic nitrogens is 1. The van der Waals surface area contributed by atoms with Crippen LogP contribution in [0.3, 0.4) is 0 Å². The van der Waals surface area contributed by atoms with Crippen molar-refractivity contribution < 1.29 is 24.0 Å². The number of carbonyl (C=O) groups is 2. The Hall–Kier alpha value is -2.38. The van der Waals surface area contributed by atoms with Gasteiger partial charge in [0.15, 0.2) is 0 Å². The molecule has 1 aliphatic rings. The Labute approximate surface area is 161 Å². The lowest BCUT2D eigenvalue weighted by molar-refractivity contribution is -0.190. The predicted octanol–water partition coefficient (Wildman–Crippen LogP) is 3.38. The molecular formula is C19H21ClN2O5. The molecule has 1 saturated carbocycles. The zero-order valence-corrected chi connectivity index (χ0v) is 16.0. The number of halogens is 1. The lowest BCUT2D eigenvalue weighted by atomic mass is 9.54. The molecule has 27 heavy (non-hydrogen) atoms. The summed E-state index contributed by atoms with van der Waals surface area (Å²) in [6, 6.07) is 8.43. The maximum atomic E-state index is 12.6. The molecule has 1 amide bonds. The second kappa shape index (κ2) is 6.98. The largest absolute Gasteiger partial charge is 0.479 e. The lowest BCUT2D eigenvalue weighted by Gasteiger charge is -2.58. The first-order valence-electron chi connectivity index (χ1n) is 8.61. The lowest BCUT2D eigenvalue weighted by Crippen LogP contribution is -2.76. The zero-order valence-electron chi connectivity index (χ0n) is 15.3. The van der Waals surface area contributed by atoms with Gasteiger partial charge in [-0.2, -0.15) is 0 Å². The number of amides is 1. The minimum atomic E-state index is -1.44. The Morgan fingerprint density at radius 3 is 2.74 bits per heavy atom. The fourth-order valence-electron chi connectivity index (χ4n) is 3.46. The number of carboxylic acids is 1.